The number of aliphatic hydroxyl groups is 2. The SMILES string of the molecule is C[C@]12CC[C@H](O)CC1=CCC1C2CC[C@]2(C)C(c3cnc4ccccn34)=CCC12.C[C@]12CC[C@H](O)CC1=CCC1C2CC[C@]2(C)C(c3cnn4cccnc34)=CCC12. The lowest BCUT2D eigenvalue weighted by Crippen LogP contribution is -2.49. The Morgan fingerprint density at radius 3 is 1.86 bits per heavy atom. The van der Waals surface area contributed by atoms with E-state index in [-0.39, 0.29) is 23.0 Å². The molecule has 304 valence electrons. The Kier molecular flexibility index (Phi) is 8.56. The van der Waals surface area contributed by atoms with E-state index in [2.05, 4.69) is 102 Å². The molecule has 0 aliphatic heterocycles. The van der Waals surface area contributed by atoms with Crippen LogP contribution in [0.2, 0.25) is 0 Å². The van der Waals surface area contributed by atoms with Crippen LogP contribution in [0.5, 0.6) is 0 Å². The van der Waals surface area contributed by atoms with E-state index in [0.29, 0.717) is 16.7 Å². The van der Waals surface area contributed by atoms with Gasteiger partial charge < -0.3 is 14.6 Å². The van der Waals surface area contributed by atoms with Crippen molar-refractivity contribution in [3.8, 4) is 0 Å². The molecule has 0 spiro atoms. The molecule has 7 nitrogen and oxygen atoms in total. The highest BCUT2D eigenvalue weighted by Gasteiger charge is 2.58. The predicted molar refractivity (Wildman–Crippen MR) is 230 cm³/mol. The third-order valence-corrected chi connectivity index (χ3v) is 18.6. The first-order chi connectivity index (χ1) is 28.0. The minimum Gasteiger partial charge on any atom is -0.393 e. The number of imidazole rings is 1. The van der Waals surface area contributed by atoms with Crippen molar-refractivity contribution in [2.75, 3.05) is 0 Å². The zero-order valence-electron chi connectivity index (χ0n) is 35.2. The molecular weight excluding hydrogens is 715 g/mol. The fourth-order valence-corrected chi connectivity index (χ4v) is 15.4. The number of rotatable bonds is 2. The van der Waals surface area contributed by atoms with Crippen molar-refractivity contribution in [3.05, 3.63) is 102 Å². The monoisotopic (exact) mass is 777 g/mol. The van der Waals surface area contributed by atoms with Gasteiger partial charge in [-0.1, -0.05) is 69.2 Å². The van der Waals surface area contributed by atoms with Gasteiger partial charge in [0, 0.05) is 24.2 Å². The Bertz CT molecular complexity index is 2230. The highest BCUT2D eigenvalue weighted by Crippen LogP contribution is 2.68. The molecule has 4 heterocycles. The average Bonchev–Trinajstić information content (AvgIpc) is 4.01. The van der Waals surface area contributed by atoms with E-state index < -0.39 is 0 Å². The molecule has 0 aromatic carbocycles. The summed E-state index contributed by atoms with van der Waals surface area (Å²) < 4.78 is 4.18. The maximum atomic E-state index is 10.2. The zero-order chi connectivity index (χ0) is 39.6. The number of nitrogens with zero attached hydrogens (tertiary/aromatic N) is 5. The highest BCUT2D eigenvalue weighted by atomic mass is 16.3. The zero-order valence-corrected chi connectivity index (χ0v) is 35.2. The summed E-state index contributed by atoms with van der Waals surface area (Å²) in [5.41, 5.74) is 11.8. The molecule has 8 aliphatic rings. The molecule has 12 atom stereocenters. The van der Waals surface area contributed by atoms with Crippen molar-refractivity contribution in [1.82, 2.24) is 24.0 Å². The van der Waals surface area contributed by atoms with Crippen LogP contribution in [0, 0.1) is 57.2 Å². The van der Waals surface area contributed by atoms with Gasteiger partial charge in [0.25, 0.3) is 0 Å². The maximum absolute atomic E-state index is 10.2. The molecule has 4 aromatic rings. The van der Waals surface area contributed by atoms with Gasteiger partial charge in [-0.2, -0.15) is 5.10 Å². The summed E-state index contributed by atoms with van der Waals surface area (Å²) in [5.74, 6) is 4.50. The van der Waals surface area contributed by atoms with Gasteiger partial charge >= 0.3 is 0 Å². The Morgan fingerprint density at radius 1 is 0.603 bits per heavy atom. The molecule has 0 radical (unpaired) electrons. The number of allylic oxidation sites excluding steroid dienone is 6. The number of aliphatic hydroxyl groups excluding tert-OH is 2. The largest absolute Gasteiger partial charge is 0.393 e. The third-order valence-electron chi connectivity index (χ3n) is 18.6. The first-order valence-electron chi connectivity index (χ1n) is 22.9. The van der Waals surface area contributed by atoms with Gasteiger partial charge in [0.1, 0.15) is 5.65 Å². The molecule has 7 heteroatoms. The first-order valence-corrected chi connectivity index (χ1v) is 22.9. The first kappa shape index (κ1) is 37.2. The molecule has 12 rings (SSSR count). The Balaban J connectivity index is 0.000000133. The lowest BCUT2D eigenvalue weighted by Gasteiger charge is -2.57. The summed E-state index contributed by atoms with van der Waals surface area (Å²) in [6, 6.07) is 8.21. The summed E-state index contributed by atoms with van der Waals surface area (Å²) in [6.07, 6.45) is 36.0. The number of hydrogen-bond donors (Lipinski definition) is 2. The van der Waals surface area contributed by atoms with Gasteiger partial charge in [0.05, 0.1) is 30.3 Å². The van der Waals surface area contributed by atoms with Gasteiger partial charge in [-0.25, -0.2) is 14.5 Å². The van der Waals surface area contributed by atoms with Crippen molar-refractivity contribution in [1.29, 1.82) is 0 Å². The number of hydrogen-bond acceptors (Lipinski definition) is 5. The molecule has 58 heavy (non-hydrogen) atoms. The lowest BCUT2D eigenvalue weighted by molar-refractivity contribution is -0.0238. The van der Waals surface area contributed by atoms with Crippen molar-refractivity contribution in [3.63, 3.8) is 0 Å². The van der Waals surface area contributed by atoms with Crippen molar-refractivity contribution < 1.29 is 10.2 Å². The van der Waals surface area contributed by atoms with Crippen LogP contribution in [-0.2, 0) is 0 Å². The van der Waals surface area contributed by atoms with Gasteiger partial charge in [0.2, 0.25) is 0 Å². The van der Waals surface area contributed by atoms with Crippen LogP contribution in [0.25, 0.3) is 22.4 Å². The summed E-state index contributed by atoms with van der Waals surface area (Å²) in [6.45, 7) is 10.0. The summed E-state index contributed by atoms with van der Waals surface area (Å²) >= 11 is 0. The third kappa shape index (κ3) is 5.33. The van der Waals surface area contributed by atoms with Crippen LogP contribution in [0.3, 0.4) is 0 Å². The molecule has 4 aromatic heterocycles. The average molecular weight is 778 g/mol. The van der Waals surface area contributed by atoms with E-state index >= 15 is 0 Å². The quantitative estimate of drug-likeness (QED) is 0.198. The highest BCUT2D eigenvalue weighted by molar-refractivity contribution is 5.80. The number of fused-ring (bicyclic) bond motifs is 12. The van der Waals surface area contributed by atoms with E-state index in [1.165, 1.54) is 73.8 Å². The van der Waals surface area contributed by atoms with Gasteiger partial charge in [-0.05, 0) is 176 Å². The normalized spacial score (nSPS) is 41.3. The van der Waals surface area contributed by atoms with E-state index in [4.69, 9.17) is 0 Å². The van der Waals surface area contributed by atoms with Crippen LogP contribution in [0.15, 0.2) is 90.7 Å². The molecule has 4 fully saturated rings. The molecule has 0 saturated heterocycles. The molecule has 6 unspecified atom stereocenters. The Hall–Kier alpha value is -3.81. The molecule has 4 saturated carbocycles. The van der Waals surface area contributed by atoms with Crippen molar-refractivity contribution in [2.24, 2.45) is 57.2 Å². The number of pyridine rings is 1. The predicted octanol–water partition coefficient (Wildman–Crippen LogP) is 10.7. The fourth-order valence-electron chi connectivity index (χ4n) is 15.4. The van der Waals surface area contributed by atoms with Crippen LogP contribution < -0.4 is 0 Å². The fraction of sp³-hybridized carbons (Fsp3) is 0.588. The second-order valence-corrected chi connectivity index (χ2v) is 20.9. The minimum atomic E-state index is -0.123. The van der Waals surface area contributed by atoms with Crippen molar-refractivity contribution in [2.45, 2.75) is 130 Å². The Morgan fingerprint density at radius 2 is 1.21 bits per heavy atom. The second kappa shape index (κ2) is 13.3. The lowest BCUT2D eigenvalue weighted by atomic mass is 9.47. The smallest absolute Gasteiger partial charge is 0.162 e. The molecule has 0 amide bonds. The minimum absolute atomic E-state index is 0.116. The van der Waals surface area contributed by atoms with Gasteiger partial charge in [0.15, 0.2) is 5.65 Å². The maximum Gasteiger partial charge on any atom is 0.162 e. The van der Waals surface area contributed by atoms with Crippen LogP contribution in [-0.4, -0.2) is 46.4 Å². The van der Waals surface area contributed by atoms with Crippen LogP contribution >= 0.6 is 0 Å². The summed E-state index contributed by atoms with van der Waals surface area (Å²) in [5, 5.41) is 25.0. The van der Waals surface area contributed by atoms with Gasteiger partial charge in [-0.3, -0.25) is 0 Å². The molecule has 8 aliphatic carbocycles. The molecule has 0 bridgehead atoms. The van der Waals surface area contributed by atoms with Crippen LogP contribution in [0.4, 0.5) is 0 Å². The van der Waals surface area contributed by atoms with E-state index in [1.807, 2.05) is 29.2 Å². The molecular formula is C51H63N5O2. The standard InChI is InChI=1S/C26H32N2O.C25H31N3O/c1-25-12-10-18(29)15-17(25)6-7-19-20-8-9-22(26(20,2)13-11-21(19)25)23-16-27-24-5-3-4-14-28(23)24;1-24-10-8-17(29)14-16(24)4-5-18-20-6-7-21(25(20,2)11-9-22(18)24)19-15-27-28-13-3-12-26-23(19)28/h3-6,9,14,16,18-21,29H,7-8,10-13,15H2,1-2H3;3-4,7,12-13,15,17-18,20,22,29H,5-6,8-11,14H2,1-2H3/t18-,19?,20?,21?,25-,26-;17-,18?,20?,22?,24-,25-/m00/s1. The summed E-state index contributed by atoms with van der Waals surface area (Å²) in [4.78, 5) is 9.31. The summed E-state index contributed by atoms with van der Waals surface area (Å²) in [7, 11) is 0. The second-order valence-electron chi connectivity index (χ2n) is 20.9. The van der Waals surface area contributed by atoms with E-state index in [1.54, 1.807) is 11.1 Å². The molecule has 2 N–H and O–H groups in total. The van der Waals surface area contributed by atoms with E-state index in [0.717, 1.165) is 79.4 Å². The number of aromatic nitrogens is 5. The Labute approximate surface area is 344 Å². The van der Waals surface area contributed by atoms with Gasteiger partial charge in [-0.15, -0.1) is 0 Å². The van der Waals surface area contributed by atoms with E-state index in [9.17, 15) is 10.2 Å². The topological polar surface area (TPSA) is 88.0 Å². The van der Waals surface area contributed by atoms with Crippen molar-refractivity contribution >= 4 is 22.4 Å². The van der Waals surface area contributed by atoms with Crippen LogP contribution in [0.1, 0.15) is 129 Å².